The molecule has 0 radical (unpaired) electrons. The highest BCUT2D eigenvalue weighted by atomic mass is 35.5. The van der Waals surface area contributed by atoms with Gasteiger partial charge in [-0.3, -0.25) is 0 Å². The zero-order chi connectivity index (χ0) is 16.2. The Kier molecular flexibility index (Phi) is 5.87. The highest BCUT2D eigenvalue weighted by molar-refractivity contribution is 6.30. The molecule has 2 rings (SSSR count). The summed E-state index contributed by atoms with van der Waals surface area (Å²) in [6.07, 6.45) is 0.997. The fraction of sp³-hybridized carbons (Fsp3) is 0.333. The molecule has 0 bridgehead atoms. The summed E-state index contributed by atoms with van der Waals surface area (Å²) < 4.78 is 0. The Labute approximate surface area is 142 Å². The van der Waals surface area contributed by atoms with E-state index >= 15 is 0 Å². The number of hydrogen-bond acceptors (Lipinski definition) is 2. The van der Waals surface area contributed by atoms with Gasteiger partial charge in [-0.15, -0.1) is 0 Å². The van der Waals surface area contributed by atoms with Crippen molar-refractivity contribution in [3.63, 3.8) is 0 Å². The van der Waals surface area contributed by atoms with E-state index in [-0.39, 0.29) is 0 Å². The molecular weight excluding hydrogens is 317 g/mol. The fourth-order valence-electron chi connectivity index (χ4n) is 2.29. The van der Waals surface area contributed by atoms with Gasteiger partial charge in [0.05, 0.1) is 0 Å². The first-order chi connectivity index (χ1) is 10.5. The molecule has 0 unspecified atom stereocenters. The van der Waals surface area contributed by atoms with E-state index in [9.17, 15) is 5.11 Å². The highest BCUT2D eigenvalue weighted by Gasteiger charge is 2.31. The lowest BCUT2D eigenvalue weighted by molar-refractivity contribution is 0.0770. The van der Waals surface area contributed by atoms with Gasteiger partial charge >= 0.3 is 0 Å². The van der Waals surface area contributed by atoms with Crippen LogP contribution in [-0.4, -0.2) is 17.7 Å². The Morgan fingerprint density at radius 2 is 1.36 bits per heavy atom. The van der Waals surface area contributed by atoms with E-state index in [2.05, 4.69) is 19.2 Å². The Morgan fingerprint density at radius 3 is 1.73 bits per heavy atom. The van der Waals surface area contributed by atoms with Crippen LogP contribution in [0, 0.1) is 0 Å². The maximum absolute atomic E-state index is 11.3. The molecule has 0 amide bonds. The Balaban J connectivity index is 2.38. The molecule has 0 heterocycles. The molecule has 1 atom stereocenters. The van der Waals surface area contributed by atoms with Crippen molar-refractivity contribution >= 4 is 23.2 Å². The molecule has 0 saturated carbocycles. The normalized spacial score (nSPS) is 13.1. The molecule has 0 aliphatic heterocycles. The average Bonchev–Trinajstić information content (AvgIpc) is 2.53. The standard InChI is InChI=1S/C18H21Cl2NO/c1-3-13(2)21-12-18(22,14-4-8-16(19)9-5-14)15-6-10-17(20)11-7-15/h4-11,13,21-22H,3,12H2,1-2H3/t13-/m1/s1. The van der Waals surface area contributed by atoms with E-state index in [0.717, 1.165) is 17.5 Å². The van der Waals surface area contributed by atoms with Crippen LogP contribution in [0.4, 0.5) is 0 Å². The molecule has 0 spiro atoms. The second-order valence-electron chi connectivity index (χ2n) is 5.56. The number of halogens is 2. The lowest BCUT2D eigenvalue weighted by atomic mass is 9.86. The summed E-state index contributed by atoms with van der Waals surface area (Å²) >= 11 is 11.9. The van der Waals surface area contributed by atoms with E-state index in [1.807, 2.05) is 24.3 Å². The third-order valence-electron chi connectivity index (χ3n) is 3.96. The summed E-state index contributed by atoms with van der Waals surface area (Å²) in [6, 6.07) is 14.9. The van der Waals surface area contributed by atoms with Crippen LogP contribution in [0.1, 0.15) is 31.4 Å². The van der Waals surface area contributed by atoms with Crippen LogP contribution >= 0.6 is 23.2 Å². The Bertz CT molecular complexity index is 550. The topological polar surface area (TPSA) is 32.3 Å². The maximum atomic E-state index is 11.3. The summed E-state index contributed by atoms with van der Waals surface area (Å²) in [6.45, 7) is 4.64. The van der Waals surface area contributed by atoms with Crippen LogP contribution < -0.4 is 5.32 Å². The lowest BCUT2D eigenvalue weighted by Crippen LogP contribution is -2.42. The van der Waals surface area contributed by atoms with Gasteiger partial charge in [-0.1, -0.05) is 54.4 Å². The summed E-state index contributed by atoms with van der Waals surface area (Å²) in [5.41, 5.74) is 0.476. The van der Waals surface area contributed by atoms with Crippen LogP contribution in [-0.2, 0) is 5.60 Å². The predicted molar refractivity (Wildman–Crippen MR) is 93.7 cm³/mol. The minimum Gasteiger partial charge on any atom is -0.379 e. The molecule has 0 fully saturated rings. The van der Waals surface area contributed by atoms with Gasteiger partial charge in [-0.25, -0.2) is 0 Å². The van der Waals surface area contributed by atoms with Gasteiger partial charge in [-0.2, -0.15) is 0 Å². The first-order valence-corrected chi connectivity index (χ1v) is 8.19. The van der Waals surface area contributed by atoms with E-state index in [1.54, 1.807) is 24.3 Å². The SMILES string of the molecule is CC[C@@H](C)NCC(O)(c1ccc(Cl)cc1)c1ccc(Cl)cc1. The molecule has 2 N–H and O–H groups in total. The second-order valence-corrected chi connectivity index (χ2v) is 6.44. The van der Waals surface area contributed by atoms with Crippen LogP contribution in [0.25, 0.3) is 0 Å². The molecule has 4 heteroatoms. The first kappa shape index (κ1) is 17.3. The minimum absolute atomic E-state index is 0.325. The largest absolute Gasteiger partial charge is 0.379 e. The van der Waals surface area contributed by atoms with Gasteiger partial charge in [0.2, 0.25) is 0 Å². The summed E-state index contributed by atoms with van der Waals surface area (Å²) in [7, 11) is 0. The van der Waals surface area contributed by atoms with E-state index in [0.29, 0.717) is 22.6 Å². The zero-order valence-electron chi connectivity index (χ0n) is 12.8. The van der Waals surface area contributed by atoms with Crippen LogP contribution in [0.5, 0.6) is 0 Å². The molecule has 2 nitrogen and oxygen atoms in total. The number of benzene rings is 2. The number of rotatable bonds is 6. The Hall–Kier alpha value is -1.06. The summed E-state index contributed by atoms with van der Waals surface area (Å²) in [4.78, 5) is 0. The quantitative estimate of drug-likeness (QED) is 0.806. The number of hydrogen-bond donors (Lipinski definition) is 2. The summed E-state index contributed by atoms with van der Waals surface area (Å²) in [5.74, 6) is 0. The van der Waals surface area contributed by atoms with E-state index in [1.165, 1.54) is 0 Å². The lowest BCUT2D eigenvalue weighted by Gasteiger charge is -2.31. The molecule has 2 aromatic rings. The molecule has 2 aromatic carbocycles. The van der Waals surface area contributed by atoms with Crippen LogP contribution in [0.3, 0.4) is 0 Å². The monoisotopic (exact) mass is 337 g/mol. The first-order valence-electron chi connectivity index (χ1n) is 7.43. The molecule has 0 aliphatic rings. The third-order valence-corrected chi connectivity index (χ3v) is 4.47. The van der Waals surface area contributed by atoms with Crippen molar-refractivity contribution in [2.45, 2.75) is 31.9 Å². The van der Waals surface area contributed by atoms with Crippen molar-refractivity contribution in [3.8, 4) is 0 Å². The third kappa shape index (κ3) is 4.02. The van der Waals surface area contributed by atoms with Crippen molar-refractivity contribution in [2.24, 2.45) is 0 Å². The van der Waals surface area contributed by atoms with Crippen LogP contribution in [0.15, 0.2) is 48.5 Å². The maximum Gasteiger partial charge on any atom is 0.127 e. The smallest absolute Gasteiger partial charge is 0.127 e. The molecule has 0 saturated heterocycles. The van der Waals surface area contributed by atoms with Gasteiger partial charge in [0.1, 0.15) is 5.60 Å². The van der Waals surface area contributed by atoms with Gasteiger partial charge < -0.3 is 10.4 Å². The van der Waals surface area contributed by atoms with Crippen molar-refractivity contribution < 1.29 is 5.11 Å². The van der Waals surface area contributed by atoms with Crippen molar-refractivity contribution in [1.29, 1.82) is 0 Å². The molecule has 0 aliphatic carbocycles. The molecular formula is C18H21Cl2NO. The van der Waals surface area contributed by atoms with Crippen molar-refractivity contribution in [1.82, 2.24) is 5.32 Å². The molecule has 22 heavy (non-hydrogen) atoms. The second kappa shape index (κ2) is 7.47. The Morgan fingerprint density at radius 1 is 0.955 bits per heavy atom. The van der Waals surface area contributed by atoms with E-state index in [4.69, 9.17) is 23.2 Å². The molecule has 0 aromatic heterocycles. The van der Waals surface area contributed by atoms with Gasteiger partial charge in [-0.05, 0) is 48.7 Å². The number of nitrogens with one attached hydrogen (secondary N) is 1. The van der Waals surface area contributed by atoms with Crippen molar-refractivity contribution in [3.05, 3.63) is 69.7 Å². The van der Waals surface area contributed by atoms with Gasteiger partial charge in [0.25, 0.3) is 0 Å². The van der Waals surface area contributed by atoms with Crippen molar-refractivity contribution in [2.75, 3.05) is 6.54 Å². The minimum atomic E-state index is -1.13. The van der Waals surface area contributed by atoms with Gasteiger partial charge in [0, 0.05) is 22.6 Å². The van der Waals surface area contributed by atoms with Gasteiger partial charge in [0.15, 0.2) is 0 Å². The summed E-state index contributed by atoms with van der Waals surface area (Å²) in [5, 5.41) is 16.0. The predicted octanol–water partition coefficient (Wildman–Crippen LogP) is 4.62. The zero-order valence-corrected chi connectivity index (χ0v) is 14.3. The van der Waals surface area contributed by atoms with Crippen LogP contribution in [0.2, 0.25) is 10.0 Å². The fourth-order valence-corrected chi connectivity index (χ4v) is 2.54. The molecule has 118 valence electrons. The van der Waals surface area contributed by atoms with E-state index < -0.39 is 5.60 Å². The highest BCUT2D eigenvalue weighted by Crippen LogP contribution is 2.31. The number of aliphatic hydroxyl groups is 1. The average molecular weight is 338 g/mol.